The maximum atomic E-state index is 13.4. The molecule has 2 heterocycles. The molecule has 0 spiro atoms. The van der Waals surface area contributed by atoms with Crippen LogP contribution in [0.2, 0.25) is 0 Å². The Bertz CT molecular complexity index is 1180. The molecular formula is C26H29F2N3O4. The van der Waals surface area contributed by atoms with Gasteiger partial charge >= 0.3 is 6.61 Å². The van der Waals surface area contributed by atoms with Crippen LogP contribution in [0.4, 0.5) is 20.2 Å². The summed E-state index contributed by atoms with van der Waals surface area (Å²) in [6, 6.07) is 11.0. The smallest absolute Gasteiger partial charge is 0.387 e. The number of hydrogen-bond acceptors (Lipinski definition) is 4. The lowest BCUT2D eigenvalue weighted by Gasteiger charge is -2.40. The van der Waals surface area contributed by atoms with Crippen LogP contribution in [0.5, 0.6) is 5.75 Å². The second-order valence-corrected chi connectivity index (χ2v) is 9.93. The Morgan fingerprint density at radius 2 is 1.86 bits per heavy atom. The van der Waals surface area contributed by atoms with E-state index in [1.54, 1.807) is 49.1 Å². The summed E-state index contributed by atoms with van der Waals surface area (Å²) in [7, 11) is 0. The largest absolute Gasteiger partial charge is 0.435 e. The maximum Gasteiger partial charge on any atom is 0.387 e. The Morgan fingerprint density at radius 3 is 2.54 bits per heavy atom. The van der Waals surface area contributed by atoms with Gasteiger partial charge < -0.3 is 15.0 Å². The van der Waals surface area contributed by atoms with E-state index in [0.29, 0.717) is 35.6 Å². The molecule has 0 radical (unpaired) electrons. The summed E-state index contributed by atoms with van der Waals surface area (Å²) >= 11 is 0. The lowest BCUT2D eigenvalue weighted by atomic mass is 9.85. The number of ether oxygens (including phenoxy) is 1. The minimum Gasteiger partial charge on any atom is -0.435 e. The minimum atomic E-state index is -2.97. The number of likely N-dealkylation sites (tertiary alicyclic amines) is 1. The maximum absolute atomic E-state index is 13.4. The van der Waals surface area contributed by atoms with E-state index in [9.17, 15) is 23.2 Å². The van der Waals surface area contributed by atoms with Crippen molar-refractivity contribution in [1.82, 2.24) is 10.2 Å². The molecule has 0 aromatic heterocycles. The van der Waals surface area contributed by atoms with Crippen molar-refractivity contribution in [3.8, 4) is 5.75 Å². The van der Waals surface area contributed by atoms with Gasteiger partial charge in [0.25, 0.3) is 5.91 Å². The molecule has 4 rings (SSSR count). The zero-order chi connectivity index (χ0) is 25.5. The van der Waals surface area contributed by atoms with Gasteiger partial charge in [0.2, 0.25) is 11.8 Å². The lowest BCUT2D eigenvalue weighted by Crippen LogP contribution is -2.57. The molecule has 35 heavy (non-hydrogen) atoms. The fraction of sp³-hybridized carbons (Fsp3) is 0.423. The number of anilines is 2. The van der Waals surface area contributed by atoms with Gasteiger partial charge in [0.15, 0.2) is 0 Å². The number of nitrogens with one attached hydrogen (secondary N) is 1. The average molecular weight is 486 g/mol. The zero-order valence-corrected chi connectivity index (χ0v) is 20.2. The molecule has 1 atom stereocenters. The fourth-order valence-corrected chi connectivity index (χ4v) is 4.89. The van der Waals surface area contributed by atoms with Crippen molar-refractivity contribution in [2.24, 2.45) is 0 Å². The first-order valence-corrected chi connectivity index (χ1v) is 11.5. The fourth-order valence-electron chi connectivity index (χ4n) is 4.89. The summed E-state index contributed by atoms with van der Waals surface area (Å²) in [6.45, 7) is 5.12. The first-order valence-electron chi connectivity index (χ1n) is 11.5. The Morgan fingerprint density at radius 1 is 1.11 bits per heavy atom. The number of piperidine rings is 1. The first-order chi connectivity index (χ1) is 16.4. The van der Waals surface area contributed by atoms with E-state index in [1.807, 2.05) is 6.92 Å². The SMILES string of the molecule is CC(=O)N1CCCC(C)(NC(=O)c2ccc3c(c2)C(C)(C)C(=O)N3c2cccc(OC(F)F)c2)C1. The summed E-state index contributed by atoms with van der Waals surface area (Å²) in [4.78, 5) is 41.6. The van der Waals surface area contributed by atoms with E-state index in [-0.39, 0.29) is 23.5 Å². The molecule has 3 amide bonds. The van der Waals surface area contributed by atoms with Crippen molar-refractivity contribution in [2.75, 3.05) is 18.0 Å². The minimum absolute atomic E-state index is 0.0222. The van der Waals surface area contributed by atoms with Gasteiger partial charge in [-0.2, -0.15) is 8.78 Å². The van der Waals surface area contributed by atoms with Gasteiger partial charge in [0.1, 0.15) is 5.75 Å². The van der Waals surface area contributed by atoms with Crippen molar-refractivity contribution >= 4 is 29.1 Å². The van der Waals surface area contributed by atoms with E-state index in [2.05, 4.69) is 10.1 Å². The third-order valence-corrected chi connectivity index (χ3v) is 6.77. The molecule has 2 aromatic rings. The monoisotopic (exact) mass is 485 g/mol. The number of alkyl halides is 2. The number of carbonyl (C=O) groups excluding carboxylic acids is 3. The second kappa shape index (κ2) is 8.94. The van der Waals surface area contributed by atoms with Gasteiger partial charge in [-0.25, -0.2) is 0 Å². The molecule has 9 heteroatoms. The predicted octanol–water partition coefficient (Wildman–Crippen LogP) is 4.37. The Balaban J connectivity index is 1.63. The van der Waals surface area contributed by atoms with Crippen molar-refractivity contribution in [3.63, 3.8) is 0 Å². The van der Waals surface area contributed by atoms with E-state index in [4.69, 9.17) is 0 Å². The van der Waals surface area contributed by atoms with Crippen LogP contribution < -0.4 is 15.0 Å². The summed E-state index contributed by atoms with van der Waals surface area (Å²) in [5.41, 5.74) is 0.555. The van der Waals surface area contributed by atoms with Crippen LogP contribution in [-0.2, 0) is 15.0 Å². The number of benzene rings is 2. The number of hydrogen-bond donors (Lipinski definition) is 1. The summed E-state index contributed by atoms with van der Waals surface area (Å²) in [5, 5.41) is 3.08. The zero-order valence-electron chi connectivity index (χ0n) is 20.2. The number of amides is 3. The molecule has 1 N–H and O–H groups in total. The topological polar surface area (TPSA) is 79.0 Å². The number of nitrogens with zero attached hydrogens (tertiary/aromatic N) is 2. The van der Waals surface area contributed by atoms with Gasteiger partial charge in [-0.05, 0) is 69.5 Å². The summed E-state index contributed by atoms with van der Waals surface area (Å²) < 4.78 is 29.9. The third kappa shape index (κ3) is 4.72. The second-order valence-electron chi connectivity index (χ2n) is 9.93. The third-order valence-electron chi connectivity index (χ3n) is 6.77. The lowest BCUT2D eigenvalue weighted by molar-refractivity contribution is -0.131. The molecule has 2 aliphatic heterocycles. The van der Waals surface area contributed by atoms with Crippen LogP contribution in [0.15, 0.2) is 42.5 Å². The van der Waals surface area contributed by atoms with Crippen LogP contribution >= 0.6 is 0 Å². The molecule has 1 fully saturated rings. The number of fused-ring (bicyclic) bond motifs is 1. The molecule has 7 nitrogen and oxygen atoms in total. The number of carbonyl (C=O) groups is 3. The van der Waals surface area contributed by atoms with Gasteiger partial charge in [-0.1, -0.05) is 6.07 Å². The first kappa shape index (κ1) is 24.6. The van der Waals surface area contributed by atoms with Gasteiger partial charge in [0, 0.05) is 31.6 Å². The van der Waals surface area contributed by atoms with Crippen molar-refractivity contribution in [1.29, 1.82) is 0 Å². The van der Waals surface area contributed by atoms with Gasteiger partial charge in [0.05, 0.1) is 22.3 Å². The Labute approximate surface area is 203 Å². The van der Waals surface area contributed by atoms with Crippen LogP contribution in [0.25, 0.3) is 0 Å². The highest BCUT2D eigenvalue weighted by molar-refractivity contribution is 6.13. The van der Waals surface area contributed by atoms with E-state index in [1.165, 1.54) is 24.0 Å². The highest BCUT2D eigenvalue weighted by Crippen LogP contribution is 2.46. The molecule has 0 bridgehead atoms. The molecule has 1 unspecified atom stereocenters. The quantitative estimate of drug-likeness (QED) is 0.682. The molecule has 2 aliphatic rings. The Hall–Kier alpha value is -3.49. The molecule has 0 aliphatic carbocycles. The standard InChI is InChI=1S/C26H29F2N3O4/c1-16(32)30-12-6-11-26(4,15-30)29-22(33)17-9-10-21-20(13-17)25(2,3)23(34)31(21)18-7-5-8-19(14-18)35-24(27)28/h5,7-10,13-14,24H,6,11-12,15H2,1-4H3,(H,29,33). The molecular weight excluding hydrogens is 456 g/mol. The molecule has 186 valence electrons. The van der Waals surface area contributed by atoms with E-state index in [0.717, 1.165) is 12.8 Å². The highest BCUT2D eigenvalue weighted by Gasteiger charge is 2.45. The molecule has 2 aromatic carbocycles. The van der Waals surface area contributed by atoms with Gasteiger partial charge in [-0.3, -0.25) is 19.3 Å². The van der Waals surface area contributed by atoms with Crippen LogP contribution in [0.1, 0.15) is 56.5 Å². The average Bonchev–Trinajstić information content (AvgIpc) is 2.98. The van der Waals surface area contributed by atoms with Crippen LogP contribution in [0, 0.1) is 0 Å². The number of rotatable bonds is 5. The van der Waals surface area contributed by atoms with Crippen molar-refractivity contribution in [2.45, 2.75) is 58.1 Å². The van der Waals surface area contributed by atoms with Crippen molar-refractivity contribution in [3.05, 3.63) is 53.6 Å². The summed E-state index contributed by atoms with van der Waals surface area (Å²) in [5.74, 6) is -0.593. The van der Waals surface area contributed by atoms with E-state index < -0.39 is 17.6 Å². The molecule has 1 saturated heterocycles. The van der Waals surface area contributed by atoms with Crippen LogP contribution in [0.3, 0.4) is 0 Å². The van der Waals surface area contributed by atoms with E-state index >= 15 is 0 Å². The normalized spacial score (nSPS) is 21.2. The highest BCUT2D eigenvalue weighted by atomic mass is 19.3. The predicted molar refractivity (Wildman–Crippen MR) is 127 cm³/mol. The molecule has 0 saturated carbocycles. The van der Waals surface area contributed by atoms with Crippen molar-refractivity contribution < 1.29 is 27.9 Å². The Kier molecular flexibility index (Phi) is 6.29. The summed E-state index contributed by atoms with van der Waals surface area (Å²) in [6.07, 6.45) is 1.55. The van der Waals surface area contributed by atoms with Crippen LogP contribution in [-0.4, -0.2) is 47.9 Å². The number of halogens is 2. The van der Waals surface area contributed by atoms with Gasteiger partial charge in [-0.15, -0.1) is 0 Å².